The predicted molar refractivity (Wildman–Crippen MR) is 56.3 cm³/mol. The molecule has 0 saturated heterocycles. The molecule has 2 nitrogen and oxygen atoms in total. The normalized spacial score (nSPS) is 13.2. The van der Waals surface area contributed by atoms with Crippen LogP contribution in [-0.4, -0.2) is 12.0 Å². The van der Waals surface area contributed by atoms with Crippen molar-refractivity contribution in [3.8, 4) is 0 Å². The summed E-state index contributed by atoms with van der Waals surface area (Å²) in [6.07, 6.45) is 4.68. The fourth-order valence-electron chi connectivity index (χ4n) is 0.946. The average molecular weight is 250 g/mol. The van der Waals surface area contributed by atoms with Crippen LogP contribution in [0, 0.1) is 0 Å². The van der Waals surface area contributed by atoms with Crippen molar-refractivity contribution in [1.29, 1.82) is 0 Å². The summed E-state index contributed by atoms with van der Waals surface area (Å²) in [5.74, 6) is 1.91. The lowest BCUT2D eigenvalue weighted by atomic mass is 10.2. The minimum atomic E-state index is 0.0156. The third-order valence-corrected chi connectivity index (χ3v) is 2.91. The molecule has 1 aromatic heterocycles. The molecule has 12 heavy (non-hydrogen) atoms. The summed E-state index contributed by atoms with van der Waals surface area (Å²) in [4.78, 5) is 0. The van der Waals surface area contributed by atoms with Gasteiger partial charge < -0.3 is 10.2 Å². The van der Waals surface area contributed by atoms with E-state index in [-0.39, 0.29) is 6.04 Å². The molecule has 0 aliphatic heterocycles. The van der Waals surface area contributed by atoms with E-state index in [1.807, 2.05) is 6.07 Å². The van der Waals surface area contributed by atoms with Crippen molar-refractivity contribution in [2.24, 2.45) is 5.73 Å². The van der Waals surface area contributed by atoms with Crippen molar-refractivity contribution in [3.63, 3.8) is 0 Å². The zero-order valence-corrected chi connectivity index (χ0v) is 9.32. The van der Waals surface area contributed by atoms with E-state index in [0.29, 0.717) is 0 Å². The van der Waals surface area contributed by atoms with Crippen molar-refractivity contribution in [1.82, 2.24) is 0 Å². The van der Waals surface area contributed by atoms with E-state index in [4.69, 9.17) is 10.2 Å². The molecule has 0 amide bonds. The van der Waals surface area contributed by atoms with Gasteiger partial charge in [-0.15, -0.1) is 0 Å². The first-order valence-corrected chi connectivity index (χ1v) is 5.91. The Morgan fingerprint density at radius 2 is 2.50 bits per heavy atom. The molecule has 1 rings (SSSR count). The van der Waals surface area contributed by atoms with Crippen LogP contribution in [0.15, 0.2) is 21.2 Å². The molecule has 0 aliphatic rings. The quantitative estimate of drug-likeness (QED) is 0.893. The maximum atomic E-state index is 5.89. The SMILES string of the molecule is CSCCC(N)c1occc1Br. The van der Waals surface area contributed by atoms with Gasteiger partial charge in [-0.2, -0.15) is 11.8 Å². The van der Waals surface area contributed by atoms with E-state index in [0.717, 1.165) is 22.4 Å². The average Bonchev–Trinajstić information content (AvgIpc) is 2.47. The molecule has 68 valence electrons. The third-order valence-electron chi connectivity index (χ3n) is 1.61. The minimum Gasteiger partial charge on any atom is -0.466 e. The van der Waals surface area contributed by atoms with Crippen LogP contribution in [0.5, 0.6) is 0 Å². The number of furan rings is 1. The second-order valence-corrected chi connectivity index (χ2v) is 4.36. The second kappa shape index (κ2) is 4.94. The van der Waals surface area contributed by atoms with Crippen LogP contribution < -0.4 is 5.73 Å². The Labute approximate surface area is 85.0 Å². The summed E-state index contributed by atoms with van der Waals surface area (Å²) >= 11 is 5.17. The van der Waals surface area contributed by atoms with Crippen LogP contribution in [-0.2, 0) is 0 Å². The lowest BCUT2D eigenvalue weighted by Gasteiger charge is -2.07. The van der Waals surface area contributed by atoms with Gasteiger partial charge in [0.25, 0.3) is 0 Å². The smallest absolute Gasteiger partial charge is 0.134 e. The fraction of sp³-hybridized carbons (Fsp3) is 0.500. The van der Waals surface area contributed by atoms with Crippen molar-refractivity contribution < 1.29 is 4.42 Å². The molecule has 1 atom stereocenters. The zero-order valence-electron chi connectivity index (χ0n) is 6.92. The molecule has 0 aliphatic carbocycles. The largest absolute Gasteiger partial charge is 0.466 e. The van der Waals surface area contributed by atoms with Crippen LogP contribution in [0.2, 0.25) is 0 Å². The molecular weight excluding hydrogens is 238 g/mol. The zero-order chi connectivity index (χ0) is 8.97. The first-order chi connectivity index (χ1) is 5.75. The van der Waals surface area contributed by atoms with Gasteiger partial charge in [-0.3, -0.25) is 0 Å². The second-order valence-electron chi connectivity index (χ2n) is 2.52. The van der Waals surface area contributed by atoms with Crippen LogP contribution in [0.25, 0.3) is 0 Å². The Balaban J connectivity index is 2.52. The first-order valence-electron chi connectivity index (χ1n) is 3.73. The Morgan fingerprint density at radius 3 is 3.00 bits per heavy atom. The Bertz CT molecular complexity index is 239. The molecule has 0 fully saturated rings. The minimum absolute atomic E-state index is 0.0156. The summed E-state index contributed by atoms with van der Waals surface area (Å²) in [6, 6.07) is 1.88. The van der Waals surface area contributed by atoms with E-state index < -0.39 is 0 Å². The van der Waals surface area contributed by atoms with Crippen molar-refractivity contribution in [2.45, 2.75) is 12.5 Å². The molecule has 1 aromatic rings. The highest BCUT2D eigenvalue weighted by atomic mass is 79.9. The predicted octanol–water partition coefficient (Wildman–Crippen LogP) is 2.79. The lowest BCUT2D eigenvalue weighted by Crippen LogP contribution is -2.10. The Hall–Kier alpha value is 0.0700. The molecule has 1 heterocycles. The topological polar surface area (TPSA) is 39.2 Å². The van der Waals surface area contributed by atoms with E-state index in [1.165, 1.54) is 0 Å². The first kappa shape index (κ1) is 10.2. The number of nitrogens with two attached hydrogens (primary N) is 1. The van der Waals surface area contributed by atoms with E-state index in [1.54, 1.807) is 18.0 Å². The number of thioether (sulfide) groups is 1. The van der Waals surface area contributed by atoms with Gasteiger partial charge in [0.2, 0.25) is 0 Å². The molecule has 0 radical (unpaired) electrons. The van der Waals surface area contributed by atoms with Gasteiger partial charge in [-0.05, 0) is 40.4 Å². The maximum Gasteiger partial charge on any atom is 0.134 e. The van der Waals surface area contributed by atoms with Gasteiger partial charge in [0, 0.05) is 0 Å². The molecular formula is C8H12BrNOS. The maximum absolute atomic E-state index is 5.89. The molecule has 1 unspecified atom stereocenters. The molecule has 0 saturated carbocycles. The van der Waals surface area contributed by atoms with Crippen molar-refractivity contribution >= 4 is 27.7 Å². The van der Waals surface area contributed by atoms with Crippen molar-refractivity contribution in [2.75, 3.05) is 12.0 Å². The highest BCUT2D eigenvalue weighted by Gasteiger charge is 2.12. The Kier molecular flexibility index (Phi) is 4.18. The van der Waals surface area contributed by atoms with Crippen LogP contribution in [0.4, 0.5) is 0 Å². The molecule has 0 spiro atoms. The summed E-state index contributed by atoms with van der Waals surface area (Å²) in [7, 11) is 0. The summed E-state index contributed by atoms with van der Waals surface area (Å²) in [6.45, 7) is 0. The van der Waals surface area contributed by atoms with Crippen LogP contribution in [0.1, 0.15) is 18.2 Å². The molecule has 2 N–H and O–H groups in total. The van der Waals surface area contributed by atoms with Gasteiger partial charge in [0.1, 0.15) is 5.76 Å². The molecule has 0 bridgehead atoms. The third kappa shape index (κ3) is 2.54. The van der Waals surface area contributed by atoms with Crippen LogP contribution >= 0.6 is 27.7 Å². The molecule has 4 heteroatoms. The van der Waals surface area contributed by atoms with Gasteiger partial charge >= 0.3 is 0 Å². The lowest BCUT2D eigenvalue weighted by molar-refractivity contribution is 0.459. The van der Waals surface area contributed by atoms with E-state index in [9.17, 15) is 0 Å². The number of hydrogen-bond donors (Lipinski definition) is 1. The summed E-state index contributed by atoms with van der Waals surface area (Å²) in [5, 5.41) is 0. The standard InChI is InChI=1S/C8H12BrNOS/c1-12-5-3-7(10)8-6(9)2-4-11-8/h2,4,7H,3,5,10H2,1H3. The van der Waals surface area contributed by atoms with Gasteiger partial charge in [0.05, 0.1) is 16.8 Å². The summed E-state index contributed by atoms with van der Waals surface area (Å²) < 4.78 is 6.21. The van der Waals surface area contributed by atoms with Crippen molar-refractivity contribution in [3.05, 3.63) is 22.6 Å². The summed E-state index contributed by atoms with van der Waals surface area (Å²) in [5.41, 5.74) is 5.89. The van der Waals surface area contributed by atoms with Gasteiger partial charge in [0.15, 0.2) is 0 Å². The van der Waals surface area contributed by atoms with E-state index in [2.05, 4.69) is 22.2 Å². The van der Waals surface area contributed by atoms with E-state index >= 15 is 0 Å². The monoisotopic (exact) mass is 249 g/mol. The number of halogens is 1. The van der Waals surface area contributed by atoms with Gasteiger partial charge in [-0.1, -0.05) is 0 Å². The van der Waals surface area contributed by atoms with Gasteiger partial charge in [-0.25, -0.2) is 0 Å². The number of hydrogen-bond acceptors (Lipinski definition) is 3. The Morgan fingerprint density at radius 1 is 1.75 bits per heavy atom. The molecule has 0 aromatic carbocycles. The highest BCUT2D eigenvalue weighted by Crippen LogP contribution is 2.25. The highest BCUT2D eigenvalue weighted by molar-refractivity contribution is 9.10. The van der Waals surface area contributed by atoms with Crippen LogP contribution in [0.3, 0.4) is 0 Å². The number of rotatable bonds is 4. The fourth-order valence-corrected chi connectivity index (χ4v) is 1.93.